The van der Waals surface area contributed by atoms with Crippen LogP contribution in [0.5, 0.6) is 0 Å². The molecule has 1 N–H and O–H groups in total. The molecule has 0 radical (unpaired) electrons. The largest absolute Gasteiger partial charge is 0.349 e. The van der Waals surface area contributed by atoms with Crippen molar-refractivity contribution in [3.63, 3.8) is 0 Å². The number of fused-ring (bicyclic) bond motifs is 1. The third-order valence-corrected chi connectivity index (χ3v) is 4.79. The number of rotatable bonds is 4. The minimum absolute atomic E-state index is 0.0772. The highest BCUT2D eigenvalue weighted by Crippen LogP contribution is 2.25. The van der Waals surface area contributed by atoms with Gasteiger partial charge in [-0.05, 0) is 54.3 Å². The first kappa shape index (κ1) is 13.4. The van der Waals surface area contributed by atoms with Gasteiger partial charge in [0.15, 0.2) is 0 Å². The van der Waals surface area contributed by atoms with Gasteiger partial charge in [-0.25, -0.2) is 0 Å². The second kappa shape index (κ2) is 5.80. The summed E-state index contributed by atoms with van der Waals surface area (Å²) in [6.07, 6.45) is 4.12. The Hall–Kier alpha value is -1.61. The SMILES string of the molecule is C[C@@H](NC(=O)Cc1cccs1)c1ccc2c(c1)CCC2. The van der Waals surface area contributed by atoms with Crippen molar-refractivity contribution in [3.8, 4) is 0 Å². The van der Waals surface area contributed by atoms with Gasteiger partial charge in [0.1, 0.15) is 0 Å². The van der Waals surface area contributed by atoms with Gasteiger partial charge < -0.3 is 5.32 Å². The summed E-state index contributed by atoms with van der Waals surface area (Å²) in [6.45, 7) is 2.06. The quantitative estimate of drug-likeness (QED) is 0.912. The molecular formula is C17H19NOS. The Morgan fingerprint density at radius 2 is 2.15 bits per heavy atom. The van der Waals surface area contributed by atoms with Crippen molar-refractivity contribution in [2.75, 3.05) is 0 Å². The molecule has 3 rings (SSSR count). The number of aryl methyl sites for hydroxylation is 2. The number of carbonyl (C=O) groups is 1. The molecule has 104 valence electrons. The first-order valence-corrected chi connectivity index (χ1v) is 8.04. The summed E-state index contributed by atoms with van der Waals surface area (Å²) in [4.78, 5) is 13.1. The molecule has 0 saturated carbocycles. The molecule has 1 heterocycles. The van der Waals surface area contributed by atoms with E-state index in [1.807, 2.05) is 17.5 Å². The number of nitrogens with one attached hydrogen (secondary N) is 1. The van der Waals surface area contributed by atoms with Crippen LogP contribution in [0.3, 0.4) is 0 Å². The lowest BCUT2D eigenvalue weighted by Crippen LogP contribution is -2.27. The predicted molar refractivity (Wildman–Crippen MR) is 83.0 cm³/mol. The normalized spacial score (nSPS) is 14.8. The summed E-state index contributed by atoms with van der Waals surface area (Å²) in [7, 11) is 0. The number of benzene rings is 1. The van der Waals surface area contributed by atoms with Gasteiger partial charge in [-0.15, -0.1) is 11.3 Å². The minimum atomic E-state index is 0.0772. The molecule has 1 aliphatic rings. The average molecular weight is 285 g/mol. The van der Waals surface area contributed by atoms with E-state index >= 15 is 0 Å². The van der Waals surface area contributed by atoms with Crippen LogP contribution in [0.15, 0.2) is 35.7 Å². The highest BCUT2D eigenvalue weighted by molar-refractivity contribution is 7.10. The van der Waals surface area contributed by atoms with Crippen LogP contribution in [-0.4, -0.2) is 5.91 Å². The van der Waals surface area contributed by atoms with Crippen LogP contribution in [0.25, 0.3) is 0 Å². The molecule has 1 amide bonds. The fraction of sp³-hybridized carbons (Fsp3) is 0.353. The van der Waals surface area contributed by atoms with E-state index in [4.69, 9.17) is 0 Å². The summed E-state index contributed by atoms with van der Waals surface area (Å²) < 4.78 is 0. The van der Waals surface area contributed by atoms with Crippen molar-refractivity contribution in [3.05, 3.63) is 57.3 Å². The van der Waals surface area contributed by atoms with Crippen LogP contribution < -0.4 is 5.32 Å². The van der Waals surface area contributed by atoms with Crippen molar-refractivity contribution in [1.82, 2.24) is 5.32 Å². The maximum Gasteiger partial charge on any atom is 0.225 e. The molecule has 0 aliphatic heterocycles. The zero-order chi connectivity index (χ0) is 13.9. The molecule has 2 nitrogen and oxygen atoms in total. The first-order chi connectivity index (χ1) is 9.72. The Bertz CT molecular complexity index is 603. The van der Waals surface area contributed by atoms with Gasteiger partial charge >= 0.3 is 0 Å². The highest BCUT2D eigenvalue weighted by Gasteiger charge is 2.15. The van der Waals surface area contributed by atoms with E-state index in [0.29, 0.717) is 6.42 Å². The fourth-order valence-corrected chi connectivity index (χ4v) is 3.51. The van der Waals surface area contributed by atoms with Gasteiger partial charge in [-0.2, -0.15) is 0 Å². The van der Waals surface area contributed by atoms with Crippen molar-refractivity contribution >= 4 is 17.2 Å². The smallest absolute Gasteiger partial charge is 0.225 e. The Morgan fingerprint density at radius 1 is 1.30 bits per heavy atom. The third-order valence-electron chi connectivity index (χ3n) is 3.91. The van der Waals surface area contributed by atoms with E-state index in [1.54, 1.807) is 11.3 Å². The molecule has 0 fully saturated rings. The van der Waals surface area contributed by atoms with Gasteiger partial charge in [0, 0.05) is 4.88 Å². The fourth-order valence-electron chi connectivity index (χ4n) is 2.81. The summed E-state index contributed by atoms with van der Waals surface area (Å²) in [5.41, 5.74) is 4.15. The molecular weight excluding hydrogens is 266 g/mol. The summed E-state index contributed by atoms with van der Waals surface area (Å²) >= 11 is 1.63. The molecule has 1 aromatic carbocycles. The van der Waals surface area contributed by atoms with Gasteiger partial charge in [-0.3, -0.25) is 4.79 Å². The zero-order valence-electron chi connectivity index (χ0n) is 11.7. The van der Waals surface area contributed by atoms with Crippen molar-refractivity contribution in [2.24, 2.45) is 0 Å². The molecule has 0 spiro atoms. The summed E-state index contributed by atoms with van der Waals surface area (Å²) in [6, 6.07) is 10.7. The molecule has 0 bridgehead atoms. The maximum absolute atomic E-state index is 12.0. The lowest BCUT2D eigenvalue weighted by Gasteiger charge is -2.15. The zero-order valence-corrected chi connectivity index (χ0v) is 12.5. The van der Waals surface area contributed by atoms with Crippen LogP contribution in [0.1, 0.15) is 41.0 Å². The lowest BCUT2D eigenvalue weighted by molar-refractivity contribution is -0.121. The third kappa shape index (κ3) is 2.93. The molecule has 0 saturated heterocycles. The van der Waals surface area contributed by atoms with Crippen LogP contribution in [0.2, 0.25) is 0 Å². The molecule has 1 atom stereocenters. The molecule has 2 aromatic rings. The number of carbonyl (C=O) groups excluding carboxylic acids is 1. The molecule has 0 unspecified atom stereocenters. The van der Waals surface area contributed by atoms with E-state index in [2.05, 4.69) is 30.4 Å². The Balaban J connectivity index is 1.64. The topological polar surface area (TPSA) is 29.1 Å². The monoisotopic (exact) mass is 285 g/mol. The van der Waals surface area contributed by atoms with Gasteiger partial charge in [0.05, 0.1) is 12.5 Å². The Morgan fingerprint density at radius 3 is 2.95 bits per heavy atom. The standard InChI is InChI=1S/C17H19NOS/c1-12(18-17(19)11-16-6-3-9-20-16)14-8-7-13-4-2-5-15(13)10-14/h3,6-10,12H,2,4-5,11H2,1H3,(H,18,19)/t12-/m1/s1. The maximum atomic E-state index is 12.0. The minimum Gasteiger partial charge on any atom is -0.349 e. The lowest BCUT2D eigenvalue weighted by atomic mass is 10.0. The van der Waals surface area contributed by atoms with Crippen molar-refractivity contribution in [2.45, 2.75) is 38.6 Å². The van der Waals surface area contributed by atoms with Gasteiger partial charge in [0.25, 0.3) is 0 Å². The molecule has 1 aromatic heterocycles. The predicted octanol–water partition coefficient (Wildman–Crippen LogP) is 3.66. The Labute approximate surface area is 123 Å². The van der Waals surface area contributed by atoms with E-state index in [0.717, 1.165) is 4.88 Å². The van der Waals surface area contributed by atoms with E-state index in [1.165, 1.54) is 36.0 Å². The number of thiophene rings is 1. The average Bonchev–Trinajstić information content (AvgIpc) is 3.07. The molecule has 3 heteroatoms. The number of hydrogen-bond donors (Lipinski definition) is 1. The highest BCUT2D eigenvalue weighted by atomic mass is 32.1. The second-order valence-electron chi connectivity index (χ2n) is 5.43. The summed E-state index contributed by atoms with van der Waals surface area (Å²) in [5.74, 6) is 0.0976. The molecule has 20 heavy (non-hydrogen) atoms. The van der Waals surface area contributed by atoms with Gasteiger partial charge in [-0.1, -0.05) is 24.3 Å². The van der Waals surface area contributed by atoms with E-state index in [-0.39, 0.29) is 11.9 Å². The van der Waals surface area contributed by atoms with E-state index < -0.39 is 0 Å². The van der Waals surface area contributed by atoms with Crippen molar-refractivity contribution < 1.29 is 4.79 Å². The van der Waals surface area contributed by atoms with Crippen LogP contribution in [0.4, 0.5) is 0 Å². The second-order valence-corrected chi connectivity index (χ2v) is 6.46. The van der Waals surface area contributed by atoms with Gasteiger partial charge in [0.2, 0.25) is 5.91 Å². The van der Waals surface area contributed by atoms with Crippen molar-refractivity contribution in [1.29, 1.82) is 0 Å². The summed E-state index contributed by atoms with van der Waals surface area (Å²) in [5, 5.41) is 5.10. The Kier molecular flexibility index (Phi) is 3.88. The number of hydrogen-bond acceptors (Lipinski definition) is 2. The number of amides is 1. The first-order valence-electron chi connectivity index (χ1n) is 7.16. The van der Waals surface area contributed by atoms with E-state index in [9.17, 15) is 4.79 Å². The van der Waals surface area contributed by atoms with Crippen LogP contribution in [-0.2, 0) is 24.1 Å². The van der Waals surface area contributed by atoms with Crippen LogP contribution >= 0.6 is 11.3 Å². The molecule has 1 aliphatic carbocycles. The van der Waals surface area contributed by atoms with Crippen LogP contribution in [0, 0.1) is 0 Å².